The molecule has 0 saturated carbocycles. The summed E-state index contributed by atoms with van der Waals surface area (Å²) in [6, 6.07) is 7.62. The Morgan fingerprint density at radius 1 is 1.00 bits per heavy atom. The molecule has 92 valence electrons. The number of aliphatic hydroxyl groups is 1. The highest BCUT2D eigenvalue weighted by Crippen LogP contribution is 2.25. The zero-order valence-electron chi connectivity index (χ0n) is 10.1. The van der Waals surface area contributed by atoms with Gasteiger partial charge in [0.1, 0.15) is 0 Å². The third-order valence-corrected chi connectivity index (χ3v) is 1.82. The third-order valence-electron chi connectivity index (χ3n) is 1.82. The Hall–Kier alpha value is -1.26. The van der Waals surface area contributed by atoms with Gasteiger partial charge in [0.15, 0.2) is 11.5 Å². The maximum absolute atomic E-state index is 7.00. The first kappa shape index (κ1) is 14.7. The summed E-state index contributed by atoms with van der Waals surface area (Å²) in [5.41, 5.74) is 0. The van der Waals surface area contributed by atoms with E-state index in [4.69, 9.17) is 19.3 Å². The summed E-state index contributed by atoms with van der Waals surface area (Å²) in [5.74, 6) is 1.55. The van der Waals surface area contributed by atoms with Crippen molar-refractivity contribution >= 4 is 0 Å². The Labute approximate surface area is 96.8 Å². The van der Waals surface area contributed by atoms with Gasteiger partial charge in [-0.1, -0.05) is 12.1 Å². The maximum atomic E-state index is 7.00. The van der Waals surface area contributed by atoms with Crippen LogP contribution in [0.2, 0.25) is 0 Å². The highest BCUT2D eigenvalue weighted by molar-refractivity contribution is 5.39. The Morgan fingerprint density at radius 2 is 1.62 bits per heavy atom. The van der Waals surface area contributed by atoms with Gasteiger partial charge in [-0.3, -0.25) is 0 Å². The number of methoxy groups -OCH3 is 2. The quantitative estimate of drug-likeness (QED) is 0.753. The molecule has 0 heterocycles. The van der Waals surface area contributed by atoms with E-state index >= 15 is 0 Å². The van der Waals surface area contributed by atoms with E-state index in [0.717, 1.165) is 31.6 Å². The smallest absolute Gasteiger partial charge is 0.161 e. The molecule has 1 N–H and O–H groups in total. The Morgan fingerprint density at radius 3 is 2.19 bits per heavy atom. The summed E-state index contributed by atoms with van der Waals surface area (Å²) in [4.78, 5) is 0. The molecular formula is C12H20O4. The molecule has 0 aliphatic rings. The predicted octanol–water partition coefficient (Wildman–Crippen LogP) is 1.72. The Balaban J connectivity index is 0.00000106. The minimum atomic E-state index is 0.647. The fraction of sp³-hybridized carbons (Fsp3) is 0.500. The van der Waals surface area contributed by atoms with Gasteiger partial charge in [-0.25, -0.2) is 0 Å². The first-order chi connectivity index (χ1) is 7.88. The Kier molecular flexibility index (Phi) is 9.46. The summed E-state index contributed by atoms with van der Waals surface area (Å²) in [6.07, 6.45) is 0.883. The molecule has 0 unspecified atom stereocenters. The van der Waals surface area contributed by atoms with E-state index in [1.807, 2.05) is 24.3 Å². The van der Waals surface area contributed by atoms with Crippen molar-refractivity contribution in [2.45, 2.75) is 6.42 Å². The predicted molar refractivity (Wildman–Crippen MR) is 63.1 cm³/mol. The van der Waals surface area contributed by atoms with Gasteiger partial charge in [-0.15, -0.1) is 0 Å². The number of aliphatic hydroxyl groups excluding tert-OH is 1. The van der Waals surface area contributed by atoms with E-state index in [9.17, 15) is 0 Å². The summed E-state index contributed by atoms with van der Waals surface area (Å²) in [6.45, 7) is 1.36. The van der Waals surface area contributed by atoms with Crippen LogP contribution in [0.25, 0.3) is 0 Å². The van der Waals surface area contributed by atoms with Gasteiger partial charge in [0.05, 0.1) is 13.7 Å². The number of rotatable bonds is 6. The van der Waals surface area contributed by atoms with Crippen molar-refractivity contribution in [2.75, 3.05) is 34.5 Å². The fourth-order valence-electron chi connectivity index (χ4n) is 1.12. The minimum Gasteiger partial charge on any atom is -0.493 e. The van der Waals surface area contributed by atoms with E-state index in [-0.39, 0.29) is 0 Å². The van der Waals surface area contributed by atoms with Gasteiger partial charge in [0.2, 0.25) is 0 Å². The highest BCUT2D eigenvalue weighted by atomic mass is 16.5. The van der Waals surface area contributed by atoms with Crippen LogP contribution in [0.15, 0.2) is 24.3 Å². The largest absolute Gasteiger partial charge is 0.493 e. The SMILES string of the molecule is CO.COCCCOc1ccccc1OC. The Bertz CT molecular complexity index is 263. The van der Waals surface area contributed by atoms with Gasteiger partial charge in [0, 0.05) is 27.2 Å². The van der Waals surface area contributed by atoms with Crippen molar-refractivity contribution in [1.29, 1.82) is 0 Å². The molecule has 0 aromatic heterocycles. The molecule has 0 aliphatic carbocycles. The molecule has 0 saturated heterocycles. The molecule has 16 heavy (non-hydrogen) atoms. The standard InChI is InChI=1S/C11H16O3.CH4O/c1-12-8-5-9-14-11-7-4-3-6-10(11)13-2;1-2/h3-4,6-7H,5,8-9H2,1-2H3;2H,1H3. The topological polar surface area (TPSA) is 47.9 Å². The normalized spacial score (nSPS) is 9.00. The van der Waals surface area contributed by atoms with Crippen LogP contribution in [-0.4, -0.2) is 39.6 Å². The van der Waals surface area contributed by atoms with Crippen LogP contribution in [0.1, 0.15) is 6.42 Å². The van der Waals surface area contributed by atoms with Crippen molar-refractivity contribution in [2.24, 2.45) is 0 Å². The first-order valence-corrected chi connectivity index (χ1v) is 5.08. The molecule has 0 bridgehead atoms. The zero-order valence-corrected chi connectivity index (χ0v) is 10.1. The fourth-order valence-corrected chi connectivity index (χ4v) is 1.12. The lowest BCUT2D eigenvalue weighted by Gasteiger charge is -2.09. The van der Waals surface area contributed by atoms with Crippen LogP contribution in [0.5, 0.6) is 11.5 Å². The molecule has 4 heteroatoms. The van der Waals surface area contributed by atoms with Crippen LogP contribution < -0.4 is 9.47 Å². The molecular weight excluding hydrogens is 208 g/mol. The first-order valence-electron chi connectivity index (χ1n) is 5.08. The van der Waals surface area contributed by atoms with E-state index in [1.54, 1.807) is 14.2 Å². The van der Waals surface area contributed by atoms with Crippen LogP contribution in [0.3, 0.4) is 0 Å². The molecule has 0 amide bonds. The molecule has 0 radical (unpaired) electrons. The van der Waals surface area contributed by atoms with E-state index in [1.165, 1.54) is 0 Å². The number of hydrogen-bond donors (Lipinski definition) is 1. The maximum Gasteiger partial charge on any atom is 0.161 e. The van der Waals surface area contributed by atoms with Crippen molar-refractivity contribution in [3.8, 4) is 11.5 Å². The summed E-state index contributed by atoms with van der Waals surface area (Å²) in [7, 11) is 4.32. The molecule has 0 spiro atoms. The molecule has 0 fully saturated rings. The van der Waals surface area contributed by atoms with Crippen LogP contribution in [0.4, 0.5) is 0 Å². The molecule has 0 atom stereocenters. The van der Waals surface area contributed by atoms with E-state index < -0.39 is 0 Å². The summed E-state index contributed by atoms with van der Waals surface area (Å²) < 4.78 is 15.6. The average molecular weight is 228 g/mol. The summed E-state index contributed by atoms with van der Waals surface area (Å²) in [5, 5.41) is 7.00. The van der Waals surface area contributed by atoms with Gasteiger partial charge in [0.25, 0.3) is 0 Å². The third kappa shape index (κ3) is 5.58. The lowest BCUT2D eigenvalue weighted by atomic mass is 10.3. The second kappa shape index (κ2) is 10.3. The summed E-state index contributed by atoms with van der Waals surface area (Å²) >= 11 is 0. The van der Waals surface area contributed by atoms with E-state index in [0.29, 0.717) is 6.61 Å². The van der Waals surface area contributed by atoms with Crippen LogP contribution in [-0.2, 0) is 4.74 Å². The van der Waals surface area contributed by atoms with E-state index in [2.05, 4.69) is 0 Å². The van der Waals surface area contributed by atoms with Crippen molar-refractivity contribution in [3.05, 3.63) is 24.3 Å². The highest BCUT2D eigenvalue weighted by Gasteiger charge is 2.00. The van der Waals surface area contributed by atoms with Gasteiger partial charge < -0.3 is 19.3 Å². The molecule has 1 aromatic carbocycles. The molecule has 1 aromatic rings. The molecule has 1 rings (SSSR count). The number of hydrogen-bond acceptors (Lipinski definition) is 4. The molecule has 0 aliphatic heterocycles. The van der Waals surface area contributed by atoms with Crippen molar-refractivity contribution in [1.82, 2.24) is 0 Å². The minimum absolute atomic E-state index is 0.647. The molecule has 4 nitrogen and oxygen atoms in total. The van der Waals surface area contributed by atoms with Gasteiger partial charge in [-0.2, -0.15) is 0 Å². The zero-order chi connectivity index (χ0) is 12.2. The van der Waals surface area contributed by atoms with Crippen molar-refractivity contribution < 1.29 is 19.3 Å². The second-order valence-corrected chi connectivity index (χ2v) is 2.85. The monoisotopic (exact) mass is 228 g/mol. The average Bonchev–Trinajstić information content (AvgIpc) is 2.37. The van der Waals surface area contributed by atoms with Crippen molar-refractivity contribution in [3.63, 3.8) is 0 Å². The van der Waals surface area contributed by atoms with Gasteiger partial charge in [-0.05, 0) is 12.1 Å². The van der Waals surface area contributed by atoms with Crippen LogP contribution >= 0.6 is 0 Å². The number of benzene rings is 1. The second-order valence-electron chi connectivity index (χ2n) is 2.85. The number of ether oxygens (including phenoxy) is 3. The van der Waals surface area contributed by atoms with Crippen LogP contribution in [0, 0.1) is 0 Å². The lowest BCUT2D eigenvalue weighted by molar-refractivity contribution is 0.170. The lowest BCUT2D eigenvalue weighted by Crippen LogP contribution is -2.02. The number of para-hydroxylation sites is 2. The van der Waals surface area contributed by atoms with Gasteiger partial charge >= 0.3 is 0 Å².